The number of carbonyl (C=O) groups excluding carboxylic acids is 1. The molecular formula is C10H5ClF3NO. The summed E-state index contributed by atoms with van der Waals surface area (Å²) >= 11 is 5.62. The molecule has 0 spiro atoms. The van der Waals surface area contributed by atoms with Crippen LogP contribution in [0.1, 0.15) is 28.4 Å². The van der Waals surface area contributed by atoms with Gasteiger partial charge in [-0.2, -0.15) is 18.4 Å². The minimum Gasteiger partial charge on any atom is -0.294 e. The summed E-state index contributed by atoms with van der Waals surface area (Å²) in [5.74, 6) is -0.618. The number of benzene rings is 1. The van der Waals surface area contributed by atoms with Crippen LogP contribution >= 0.6 is 11.6 Å². The van der Waals surface area contributed by atoms with Crippen molar-refractivity contribution in [2.75, 3.05) is 0 Å². The van der Waals surface area contributed by atoms with Gasteiger partial charge in [0.25, 0.3) is 0 Å². The zero-order chi connectivity index (χ0) is 12.5. The molecule has 0 atom stereocenters. The molecule has 2 nitrogen and oxygen atoms in total. The molecule has 6 heteroatoms. The van der Waals surface area contributed by atoms with Gasteiger partial charge < -0.3 is 0 Å². The number of ketones is 1. The highest BCUT2D eigenvalue weighted by molar-refractivity contribution is 6.35. The second-order valence-electron chi connectivity index (χ2n) is 3.05. The van der Waals surface area contributed by atoms with E-state index in [0.717, 1.165) is 6.92 Å². The fourth-order valence-electron chi connectivity index (χ4n) is 1.13. The Kier molecular flexibility index (Phi) is 3.24. The van der Waals surface area contributed by atoms with Crippen molar-refractivity contribution in [2.24, 2.45) is 0 Å². The van der Waals surface area contributed by atoms with Crippen molar-refractivity contribution < 1.29 is 18.0 Å². The Hall–Kier alpha value is -1.54. The summed E-state index contributed by atoms with van der Waals surface area (Å²) in [6.07, 6.45) is -4.61. The Labute approximate surface area is 94.2 Å². The van der Waals surface area contributed by atoms with Crippen LogP contribution < -0.4 is 0 Å². The van der Waals surface area contributed by atoms with E-state index in [1.54, 1.807) is 0 Å². The van der Waals surface area contributed by atoms with Crippen molar-refractivity contribution >= 4 is 17.4 Å². The second kappa shape index (κ2) is 4.14. The van der Waals surface area contributed by atoms with Gasteiger partial charge in [0, 0.05) is 5.56 Å². The summed E-state index contributed by atoms with van der Waals surface area (Å²) in [6, 6.07) is 2.78. The Bertz CT molecular complexity index is 488. The predicted molar refractivity (Wildman–Crippen MR) is 51.2 cm³/mol. The zero-order valence-electron chi connectivity index (χ0n) is 8.02. The molecule has 0 unspecified atom stereocenters. The van der Waals surface area contributed by atoms with Gasteiger partial charge in [-0.1, -0.05) is 11.6 Å². The molecular weight excluding hydrogens is 243 g/mol. The molecule has 0 aromatic heterocycles. The molecule has 0 heterocycles. The number of rotatable bonds is 1. The van der Waals surface area contributed by atoms with E-state index >= 15 is 0 Å². The third-order valence-electron chi connectivity index (χ3n) is 1.90. The number of nitriles is 1. The lowest BCUT2D eigenvalue weighted by atomic mass is 10.0. The maximum absolute atomic E-state index is 12.4. The van der Waals surface area contributed by atoms with E-state index in [4.69, 9.17) is 16.9 Å². The van der Waals surface area contributed by atoms with Gasteiger partial charge in [-0.3, -0.25) is 4.79 Å². The van der Waals surface area contributed by atoms with Crippen LogP contribution in [-0.4, -0.2) is 5.78 Å². The predicted octanol–water partition coefficient (Wildman–Crippen LogP) is 3.43. The smallest absolute Gasteiger partial charge is 0.294 e. The fraction of sp³-hybridized carbons (Fsp3) is 0.200. The molecule has 0 amide bonds. The highest BCUT2D eigenvalue weighted by Crippen LogP contribution is 2.33. The topological polar surface area (TPSA) is 40.9 Å². The van der Waals surface area contributed by atoms with Crippen LogP contribution in [0.4, 0.5) is 13.2 Å². The van der Waals surface area contributed by atoms with Gasteiger partial charge in [0.1, 0.15) is 6.07 Å². The number of carbonyl (C=O) groups is 1. The zero-order valence-corrected chi connectivity index (χ0v) is 8.78. The number of hydrogen-bond acceptors (Lipinski definition) is 2. The van der Waals surface area contributed by atoms with Gasteiger partial charge in [0.2, 0.25) is 0 Å². The van der Waals surface area contributed by atoms with E-state index in [1.807, 2.05) is 0 Å². The quantitative estimate of drug-likeness (QED) is 0.714. The van der Waals surface area contributed by atoms with Crippen molar-refractivity contribution in [3.63, 3.8) is 0 Å². The van der Waals surface area contributed by atoms with Gasteiger partial charge >= 0.3 is 6.18 Å². The first-order valence-electron chi connectivity index (χ1n) is 4.09. The first-order chi connectivity index (χ1) is 7.27. The van der Waals surface area contributed by atoms with Gasteiger partial charge in [-0.15, -0.1) is 0 Å². The van der Waals surface area contributed by atoms with Crippen LogP contribution in [0.3, 0.4) is 0 Å². The number of hydrogen-bond donors (Lipinski definition) is 0. The Morgan fingerprint density at radius 2 is 2.00 bits per heavy atom. The van der Waals surface area contributed by atoms with E-state index in [9.17, 15) is 18.0 Å². The lowest BCUT2D eigenvalue weighted by Gasteiger charge is -2.10. The molecule has 0 bridgehead atoms. The third kappa shape index (κ3) is 2.34. The average molecular weight is 248 g/mol. The second-order valence-corrected chi connectivity index (χ2v) is 3.43. The summed E-state index contributed by atoms with van der Waals surface area (Å²) in [6.45, 7) is 1.09. The van der Waals surface area contributed by atoms with Crippen LogP contribution in [0.15, 0.2) is 12.1 Å². The lowest BCUT2D eigenvalue weighted by molar-refractivity contribution is -0.137. The van der Waals surface area contributed by atoms with Crippen molar-refractivity contribution in [3.05, 3.63) is 33.8 Å². The maximum Gasteiger partial charge on any atom is 0.416 e. The van der Waals surface area contributed by atoms with E-state index in [2.05, 4.69) is 0 Å². The van der Waals surface area contributed by atoms with Crippen molar-refractivity contribution in [2.45, 2.75) is 13.1 Å². The first-order valence-corrected chi connectivity index (χ1v) is 4.47. The van der Waals surface area contributed by atoms with Crippen LogP contribution in [0.5, 0.6) is 0 Å². The maximum atomic E-state index is 12.4. The first kappa shape index (κ1) is 12.5. The Balaban J connectivity index is 3.54. The largest absolute Gasteiger partial charge is 0.416 e. The molecule has 0 radical (unpaired) electrons. The lowest BCUT2D eigenvalue weighted by Crippen LogP contribution is -2.08. The highest BCUT2D eigenvalue weighted by atomic mass is 35.5. The summed E-state index contributed by atoms with van der Waals surface area (Å²) < 4.78 is 37.2. The molecule has 0 saturated heterocycles. The fourth-order valence-corrected chi connectivity index (χ4v) is 1.41. The summed E-state index contributed by atoms with van der Waals surface area (Å²) in [5.41, 5.74) is -1.71. The average Bonchev–Trinajstić information content (AvgIpc) is 2.15. The minimum atomic E-state index is -4.61. The SMILES string of the molecule is CC(=O)c1cc(C(F)(F)F)cc(C#N)c1Cl. The van der Waals surface area contributed by atoms with E-state index in [1.165, 1.54) is 6.07 Å². The number of nitrogens with zero attached hydrogens (tertiary/aromatic N) is 1. The Morgan fingerprint density at radius 1 is 1.44 bits per heavy atom. The molecule has 0 aliphatic heterocycles. The van der Waals surface area contributed by atoms with E-state index in [0.29, 0.717) is 12.1 Å². The van der Waals surface area contributed by atoms with Crippen LogP contribution in [0.2, 0.25) is 5.02 Å². The van der Waals surface area contributed by atoms with Gasteiger partial charge in [-0.05, 0) is 19.1 Å². The Morgan fingerprint density at radius 3 is 2.38 bits per heavy atom. The van der Waals surface area contributed by atoms with Crippen LogP contribution in [-0.2, 0) is 6.18 Å². The van der Waals surface area contributed by atoms with Crippen LogP contribution in [0, 0.1) is 11.3 Å². The van der Waals surface area contributed by atoms with Crippen molar-refractivity contribution in [1.29, 1.82) is 5.26 Å². The monoisotopic (exact) mass is 247 g/mol. The third-order valence-corrected chi connectivity index (χ3v) is 2.31. The highest BCUT2D eigenvalue weighted by Gasteiger charge is 2.32. The van der Waals surface area contributed by atoms with Crippen molar-refractivity contribution in [3.8, 4) is 6.07 Å². The minimum absolute atomic E-state index is 0.247. The molecule has 1 aromatic rings. The van der Waals surface area contributed by atoms with Gasteiger partial charge in [0.05, 0.1) is 16.1 Å². The number of Topliss-reactive ketones (excluding diaryl/α,β-unsaturated/α-hetero) is 1. The molecule has 84 valence electrons. The summed E-state index contributed by atoms with van der Waals surface area (Å²) in [4.78, 5) is 11.1. The van der Waals surface area contributed by atoms with Crippen molar-refractivity contribution in [1.82, 2.24) is 0 Å². The van der Waals surface area contributed by atoms with E-state index in [-0.39, 0.29) is 16.1 Å². The molecule has 0 N–H and O–H groups in total. The molecule has 0 aliphatic carbocycles. The molecule has 16 heavy (non-hydrogen) atoms. The molecule has 0 fully saturated rings. The standard InChI is InChI=1S/C10H5ClF3NO/c1-5(16)8-3-7(10(12,13)14)2-6(4-15)9(8)11/h2-3H,1H3. The summed E-state index contributed by atoms with van der Waals surface area (Å²) in [5, 5.41) is 8.35. The van der Waals surface area contributed by atoms with Gasteiger partial charge in [0.15, 0.2) is 5.78 Å². The number of alkyl halides is 3. The molecule has 0 aliphatic rings. The molecule has 1 rings (SSSR count). The normalized spacial score (nSPS) is 11.0. The summed E-state index contributed by atoms with van der Waals surface area (Å²) in [7, 11) is 0. The molecule has 0 saturated carbocycles. The van der Waals surface area contributed by atoms with Gasteiger partial charge in [-0.25, -0.2) is 0 Å². The van der Waals surface area contributed by atoms with E-state index < -0.39 is 17.5 Å². The van der Waals surface area contributed by atoms with Crippen LogP contribution in [0.25, 0.3) is 0 Å². The number of halogens is 4. The molecule has 1 aromatic carbocycles.